The summed E-state index contributed by atoms with van der Waals surface area (Å²) in [7, 11) is 0. The zero-order chi connectivity index (χ0) is 10.0. The molecule has 80 valence electrons. The predicted molar refractivity (Wildman–Crippen MR) is 51.0 cm³/mol. The summed E-state index contributed by atoms with van der Waals surface area (Å²) < 4.78 is 10.7. The van der Waals surface area contributed by atoms with Crippen LogP contribution in [0, 0.1) is 0 Å². The Morgan fingerprint density at radius 1 is 1.29 bits per heavy atom. The lowest BCUT2D eigenvalue weighted by atomic mass is 10.0. The van der Waals surface area contributed by atoms with Crippen molar-refractivity contribution in [1.29, 1.82) is 0 Å². The number of ether oxygens (including phenoxy) is 2. The molecule has 2 heterocycles. The molecular formula is C10H17NO3. The third-order valence-electron chi connectivity index (χ3n) is 2.97. The van der Waals surface area contributed by atoms with Gasteiger partial charge in [-0.2, -0.15) is 0 Å². The topological polar surface area (TPSA) is 38.8 Å². The minimum atomic E-state index is -0.558. The minimum Gasteiger partial charge on any atom is -0.378 e. The normalized spacial score (nSPS) is 33.4. The lowest BCUT2D eigenvalue weighted by molar-refractivity contribution is -0.155. The van der Waals surface area contributed by atoms with Crippen molar-refractivity contribution < 1.29 is 14.3 Å². The van der Waals surface area contributed by atoms with Crippen molar-refractivity contribution in [1.82, 2.24) is 4.90 Å². The largest absolute Gasteiger partial charge is 0.378 e. The van der Waals surface area contributed by atoms with E-state index in [-0.39, 0.29) is 5.91 Å². The average Bonchev–Trinajstić information content (AvgIpc) is 2.67. The summed E-state index contributed by atoms with van der Waals surface area (Å²) >= 11 is 0. The van der Waals surface area contributed by atoms with Crippen LogP contribution < -0.4 is 0 Å². The van der Waals surface area contributed by atoms with Crippen molar-refractivity contribution >= 4 is 5.91 Å². The van der Waals surface area contributed by atoms with E-state index in [2.05, 4.69) is 0 Å². The molecule has 0 spiro atoms. The van der Waals surface area contributed by atoms with Crippen LogP contribution in [0.5, 0.6) is 0 Å². The highest BCUT2D eigenvalue weighted by Gasteiger charge is 2.40. The molecule has 4 heteroatoms. The first-order valence-electron chi connectivity index (χ1n) is 5.23. The lowest BCUT2D eigenvalue weighted by Crippen LogP contribution is -2.50. The van der Waals surface area contributed by atoms with Gasteiger partial charge in [0.25, 0.3) is 5.91 Å². The first kappa shape index (κ1) is 9.93. The second-order valence-corrected chi connectivity index (χ2v) is 4.09. The molecule has 0 radical (unpaired) electrons. The summed E-state index contributed by atoms with van der Waals surface area (Å²) in [5.74, 6) is 0.137. The Morgan fingerprint density at radius 3 is 2.57 bits per heavy atom. The number of nitrogens with zero attached hydrogens (tertiary/aromatic N) is 1. The van der Waals surface area contributed by atoms with Crippen molar-refractivity contribution in [2.45, 2.75) is 25.4 Å². The molecule has 0 bridgehead atoms. The van der Waals surface area contributed by atoms with Crippen LogP contribution in [0.4, 0.5) is 0 Å². The third-order valence-corrected chi connectivity index (χ3v) is 2.97. The van der Waals surface area contributed by atoms with E-state index < -0.39 is 5.60 Å². The van der Waals surface area contributed by atoms with E-state index in [0.717, 1.165) is 12.8 Å². The van der Waals surface area contributed by atoms with Crippen molar-refractivity contribution in [3.8, 4) is 0 Å². The third kappa shape index (κ3) is 1.77. The Kier molecular flexibility index (Phi) is 2.74. The highest BCUT2D eigenvalue weighted by molar-refractivity contribution is 5.85. The number of hydrogen-bond acceptors (Lipinski definition) is 3. The van der Waals surface area contributed by atoms with Crippen LogP contribution in [0.1, 0.15) is 19.8 Å². The van der Waals surface area contributed by atoms with Gasteiger partial charge in [0, 0.05) is 19.7 Å². The van der Waals surface area contributed by atoms with E-state index in [1.54, 1.807) is 0 Å². The summed E-state index contributed by atoms with van der Waals surface area (Å²) in [4.78, 5) is 13.9. The second-order valence-electron chi connectivity index (χ2n) is 4.09. The molecule has 0 aromatic heterocycles. The molecule has 2 aliphatic heterocycles. The Hall–Kier alpha value is -0.610. The lowest BCUT2D eigenvalue weighted by Gasteiger charge is -2.33. The van der Waals surface area contributed by atoms with Gasteiger partial charge in [0.15, 0.2) is 0 Å². The first-order valence-corrected chi connectivity index (χ1v) is 5.23. The average molecular weight is 199 g/mol. The molecule has 2 fully saturated rings. The smallest absolute Gasteiger partial charge is 0.254 e. The van der Waals surface area contributed by atoms with E-state index in [9.17, 15) is 4.79 Å². The maximum Gasteiger partial charge on any atom is 0.254 e. The van der Waals surface area contributed by atoms with Gasteiger partial charge in [-0.15, -0.1) is 0 Å². The van der Waals surface area contributed by atoms with Crippen LogP contribution in [-0.2, 0) is 14.3 Å². The molecule has 1 atom stereocenters. The molecule has 2 saturated heterocycles. The van der Waals surface area contributed by atoms with Gasteiger partial charge in [-0.05, 0) is 19.8 Å². The van der Waals surface area contributed by atoms with Crippen LogP contribution in [0.25, 0.3) is 0 Å². The summed E-state index contributed by atoms with van der Waals surface area (Å²) in [5, 5.41) is 0. The number of carbonyl (C=O) groups excluding carboxylic acids is 1. The molecule has 2 aliphatic rings. The van der Waals surface area contributed by atoms with Crippen molar-refractivity contribution in [3.63, 3.8) is 0 Å². The van der Waals surface area contributed by atoms with E-state index >= 15 is 0 Å². The summed E-state index contributed by atoms with van der Waals surface area (Å²) in [6.45, 7) is 5.34. The van der Waals surface area contributed by atoms with E-state index in [0.29, 0.717) is 32.9 Å². The number of hydrogen-bond donors (Lipinski definition) is 0. The molecule has 0 N–H and O–H groups in total. The minimum absolute atomic E-state index is 0.137. The molecular weight excluding hydrogens is 182 g/mol. The Morgan fingerprint density at radius 2 is 2.00 bits per heavy atom. The monoisotopic (exact) mass is 199 g/mol. The molecule has 1 amide bonds. The molecule has 0 aromatic carbocycles. The van der Waals surface area contributed by atoms with Gasteiger partial charge in [-0.1, -0.05) is 0 Å². The van der Waals surface area contributed by atoms with Gasteiger partial charge >= 0.3 is 0 Å². The van der Waals surface area contributed by atoms with Gasteiger partial charge in [0.05, 0.1) is 13.2 Å². The fourth-order valence-electron chi connectivity index (χ4n) is 2.05. The number of morpholine rings is 1. The Bertz CT molecular complexity index is 217. The van der Waals surface area contributed by atoms with Crippen LogP contribution in [-0.4, -0.2) is 49.3 Å². The Labute approximate surface area is 84.2 Å². The van der Waals surface area contributed by atoms with E-state index in [1.165, 1.54) is 0 Å². The zero-order valence-electron chi connectivity index (χ0n) is 8.62. The quantitative estimate of drug-likeness (QED) is 0.614. The SMILES string of the molecule is CC1(C(=O)N2CCOCC2)CCCO1. The van der Waals surface area contributed by atoms with E-state index in [4.69, 9.17) is 9.47 Å². The maximum atomic E-state index is 12.1. The Balaban J connectivity index is 1.98. The van der Waals surface area contributed by atoms with Crippen LogP contribution in [0.15, 0.2) is 0 Å². The molecule has 0 saturated carbocycles. The van der Waals surface area contributed by atoms with Crippen molar-refractivity contribution in [2.75, 3.05) is 32.9 Å². The molecule has 0 aliphatic carbocycles. The summed E-state index contributed by atoms with van der Waals surface area (Å²) in [5.41, 5.74) is -0.558. The van der Waals surface area contributed by atoms with Crippen LogP contribution >= 0.6 is 0 Å². The van der Waals surface area contributed by atoms with Gasteiger partial charge in [-0.3, -0.25) is 4.79 Å². The van der Waals surface area contributed by atoms with Gasteiger partial charge in [0.1, 0.15) is 5.60 Å². The van der Waals surface area contributed by atoms with Crippen molar-refractivity contribution in [2.24, 2.45) is 0 Å². The number of rotatable bonds is 1. The van der Waals surface area contributed by atoms with Gasteiger partial charge in [0.2, 0.25) is 0 Å². The molecule has 4 nitrogen and oxygen atoms in total. The van der Waals surface area contributed by atoms with E-state index in [1.807, 2.05) is 11.8 Å². The highest BCUT2D eigenvalue weighted by atomic mass is 16.5. The zero-order valence-corrected chi connectivity index (χ0v) is 8.62. The fourth-order valence-corrected chi connectivity index (χ4v) is 2.05. The predicted octanol–water partition coefficient (Wildman–Crippen LogP) is 0.414. The molecule has 0 aromatic rings. The second kappa shape index (κ2) is 3.87. The van der Waals surface area contributed by atoms with Crippen molar-refractivity contribution in [3.05, 3.63) is 0 Å². The standard InChI is InChI=1S/C10H17NO3/c1-10(3-2-6-14-10)9(12)11-4-7-13-8-5-11/h2-8H2,1H3. The molecule has 2 rings (SSSR count). The highest BCUT2D eigenvalue weighted by Crippen LogP contribution is 2.27. The molecule has 14 heavy (non-hydrogen) atoms. The van der Waals surface area contributed by atoms with Gasteiger partial charge < -0.3 is 14.4 Å². The number of carbonyl (C=O) groups is 1. The summed E-state index contributed by atoms with van der Waals surface area (Å²) in [6.07, 6.45) is 1.84. The molecule has 1 unspecified atom stereocenters. The van der Waals surface area contributed by atoms with Gasteiger partial charge in [-0.25, -0.2) is 0 Å². The first-order chi connectivity index (χ1) is 6.72. The fraction of sp³-hybridized carbons (Fsp3) is 0.900. The number of amides is 1. The summed E-state index contributed by atoms with van der Waals surface area (Å²) in [6, 6.07) is 0. The van der Waals surface area contributed by atoms with Crippen LogP contribution in [0.2, 0.25) is 0 Å². The van der Waals surface area contributed by atoms with Crippen LogP contribution in [0.3, 0.4) is 0 Å². The maximum absolute atomic E-state index is 12.1.